The Kier molecular flexibility index (Phi) is 6.73. The van der Waals surface area contributed by atoms with E-state index in [1.54, 1.807) is 14.1 Å². The van der Waals surface area contributed by atoms with Gasteiger partial charge in [-0.2, -0.15) is 0 Å². The van der Waals surface area contributed by atoms with Crippen LogP contribution in [0.4, 0.5) is 5.69 Å². The molecule has 0 aromatic heterocycles. The maximum atomic E-state index is 11.9. The first kappa shape index (κ1) is 16.2. The van der Waals surface area contributed by atoms with Crippen molar-refractivity contribution in [2.45, 2.75) is 19.8 Å². The topological polar surface area (TPSA) is 61.4 Å². The highest BCUT2D eigenvalue weighted by Gasteiger charge is 2.13. The number of nitrogens with zero attached hydrogens (tertiary/aromatic N) is 1. The Hall–Kier alpha value is -1.88. The predicted molar refractivity (Wildman–Crippen MR) is 80.6 cm³/mol. The van der Waals surface area contributed by atoms with Crippen molar-refractivity contribution in [1.29, 1.82) is 0 Å². The lowest BCUT2D eigenvalue weighted by molar-refractivity contribution is -0.133. The Bertz CT molecular complexity index is 460. The lowest BCUT2D eigenvalue weighted by Crippen LogP contribution is -2.36. The fourth-order valence-corrected chi connectivity index (χ4v) is 1.87. The van der Waals surface area contributed by atoms with Crippen LogP contribution in [0.5, 0.6) is 0 Å². The van der Waals surface area contributed by atoms with Crippen molar-refractivity contribution in [1.82, 2.24) is 10.2 Å². The van der Waals surface area contributed by atoms with Gasteiger partial charge in [0.2, 0.25) is 11.8 Å². The van der Waals surface area contributed by atoms with Crippen LogP contribution in [-0.4, -0.2) is 43.9 Å². The molecule has 0 heterocycles. The third-order valence-corrected chi connectivity index (χ3v) is 3.07. The van der Waals surface area contributed by atoms with Gasteiger partial charge in [0.1, 0.15) is 0 Å². The molecule has 5 heteroatoms. The third-order valence-electron chi connectivity index (χ3n) is 3.07. The summed E-state index contributed by atoms with van der Waals surface area (Å²) in [6, 6.07) is 7.69. The van der Waals surface area contributed by atoms with Crippen molar-refractivity contribution >= 4 is 17.5 Å². The first-order valence-corrected chi connectivity index (χ1v) is 6.84. The summed E-state index contributed by atoms with van der Waals surface area (Å²) in [6.07, 6.45) is 1.25. The number of hydrogen-bond donors (Lipinski definition) is 2. The SMILES string of the molecule is CCc1ccccc1NC(=O)CN(C)C(=O)CCNC. The highest BCUT2D eigenvalue weighted by molar-refractivity contribution is 5.95. The van der Waals surface area contributed by atoms with E-state index in [0.29, 0.717) is 13.0 Å². The fourth-order valence-electron chi connectivity index (χ4n) is 1.87. The zero-order chi connectivity index (χ0) is 15.0. The number of anilines is 1. The number of amides is 2. The van der Waals surface area contributed by atoms with Crippen molar-refractivity contribution in [3.05, 3.63) is 29.8 Å². The molecular formula is C15H23N3O2. The van der Waals surface area contributed by atoms with E-state index < -0.39 is 0 Å². The molecule has 2 amide bonds. The molecule has 0 bridgehead atoms. The number of aryl methyl sites for hydroxylation is 1. The van der Waals surface area contributed by atoms with Gasteiger partial charge in [0.25, 0.3) is 0 Å². The van der Waals surface area contributed by atoms with E-state index >= 15 is 0 Å². The quantitative estimate of drug-likeness (QED) is 0.788. The Morgan fingerprint density at radius 1 is 1.25 bits per heavy atom. The van der Waals surface area contributed by atoms with Gasteiger partial charge >= 0.3 is 0 Å². The highest BCUT2D eigenvalue weighted by atomic mass is 16.2. The third kappa shape index (κ3) is 5.01. The molecule has 5 nitrogen and oxygen atoms in total. The fraction of sp³-hybridized carbons (Fsp3) is 0.467. The van der Waals surface area contributed by atoms with Crippen molar-refractivity contribution in [2.75, 3.05) is 32.5 Å². The molecular weight excluding hydrogens is 254 g/mol. The van der Waals surface area contributed by atoms with Crippen LogP contribution in [0.1, 0.15) is 18.9 Å². The Morgan fingerprint density at radius 3 is 2.60 bits per heavy atom. The number of benzene rings is 1. The molecule has 0 unspecified atom stereocenters. The van der Waals surface area contributed by atoms with Crippen LogP contribution >= 0.6 is 0 Å². The number of para-hydroxylation sites is 1. The minimum Gasteiger partial charge on any atom is -0.336 e. The average Bonchev–Trinajstić information content (AvgIpc) is 2.45. The molecule has 0 aliphatic rings. The first-order chi connectivity index (χ1) is 9.58. The summed E-state index contributed by atoms with van der Waals surface area (Å²) in [5.41, 5.74) is 1.90. The van der Waals surface area contributed by atoms with Crippen LogP contribution in [0, 0.1) is 0 Å². The maximum Gasteiger partial charge on any atom is 0.243 e. The van der Waals surface area contributed by atoms with Crippen molar-refractivity contribution in [3.8, 4) is 0 Å². The molecule has 0 aliphatic heterocycles. The van der Waals surface area contributed by atoms with E-state index in [-0.39, 0.29) is 18.4 Å². The Balaban J connectivity index is 2.53. The van der Waals surface area contributed by atoms with Crippen LogP contribution in [0.3, 0.4) is 0 Å². The summed E-state index contributed by atoms with van der Waals surface area (Å²) in [7, 11) is 3.44. The van der Waals surface area contributed by atoms with E-state index in [1.165, 1.54) is 4.90 Å². The van der Waals surface area contributed by atoms with Crippen LogP contribution in [0.15, 0.2) is 24.3 Å². The molecule has 0 radical (unpaired) electrons. The first-order valence-electron chi connectivity index (χ1n) is 6.84. The molecule has 1 rings (SSSR count). The van der Waals surface area contributed by atoms with Crippen molar-refractivity contribution < 1.29 is 9.59 Å². The largest absolute Gasteiger partial charge is 0.336 e. The number of hydrogen-bond acceptors (Lipinski definition) is 3. The van der Waals surface area contributed by atoms with Gasteiger partial charge in [-0.3, -0.25) is 9.59 Å². The zero-order valence-corrected chi connectivity index (χ0v) is 12.4. The van der Waals surface area contributed by atoms with Crippen molar-refractivity contribution in [3.63, 3.8) is 0 Å². The van der Waals surface area contributed by atoms with E-state index in [0.717, 1.165) is 17.7 Å². The molecule has 2 N–H and O–H groups in total. The minimum absolute atomic E-state index is 0.0433. The lowest BCUT2D eigenvalue weighted by atomic mass is 10.1. The molecule has 20 heavy (non-hydrogen) atoms. The van der Waals surface area contributed by atoms with Gasteiger partial charge in [-0.05, 0) is 25.1 Å². The van der Waals surface area contributed by atoms with E-state index in [1.807, 2.05) is 31.2 Å². The van der Waals surface area contributed by atoms with Gasteiger partial charge in [0.05, 0.1) is 6.54 Å². The van der Waals surface area contributed by atoms with Crippen LogP contribution in [0.25, 0.3) is 0 Å². The summed E-state index contributed by atoms with van der Waals surface area (Å²) in [6.45, 7) is 2.72. The molecule has 0 saturated heterocycles. The predicted octanol–water partition coefficient (Wildman–Crippen LogP) is 1.26. The molecule has 110 valence electrons. The molecule has 0 aliphatic carbocycles. The number of rotatable bonds is 7. The molecule has 0 saturated carbocycles. The standard InChI is InChI=1S/C15H23N3O2/c1-4-12-7-5-6-8-13(12)17-14(19)11-18(3)15(20)9-10-16-2/h5-8,16H,4,9-11H2,1-3H3,(H,17,19). The average molecular weight is 277 g/mol. The second kappa shape index (κ2) is 8.32. The van der Waals surface area contributed by atoms with E-state index in [2.05, 4.69) is 10.6 Å². The van der Waals surface area contributed by atoms with Crippen LogP contribution < -0.4 is 10.6 Å². The lowest BCUT2D eigenvalue weighted by Gasteiger charge is -2.17. The summed E-state index contributed by atoms with van der Waals surface area (Å²) < 4.78 is 0. The minimum atomic E-state index is -0.175. The molecule has 0 fully saturated rings. The Labute approximate surface area is 120 Å². The van der Waals surface area contributed by atoms with Gasteiger partial charge in [0, 0.05) is 25.7 Å². The van der Waals surface area contributed by atoms with Crippen LogP contribution in [-0.2, 0) is 16.0 Å². The normalized spacial score (nSPS) is 10.2. The number of nitrogens with one attached hydrogen (secondary N) is 2. The van der Waals surface area contributed by atoms with Gasteiger partial charge in [-0.25, -0.2) is 0 Å². The van der Waals surface area contributed by atoms with Gasteiger partial charge in [0.15, 0.2) is 0 Å². The smallest absolute Gasteiger partial charge is 0.243 e. The maximum absolute atomic E-state index is 11.9. The number of carbonyl (C=O) groups excluding carboxylic acids is 2. The second-order valence-corrected chi connectivity index (χ2v) is 4.66. The summed E-state index contributed by atoms with van der Waals surface area (Å²) in [5, 5.41) is 5.77. The second-order valence-electron chi connectivity index (χ2n) is 4.66. The highest BCUT2D eigenvalue weighted by Crippen LogP contribution is 2.15. The van der Waals surface area contributed by atoms with E-state index in [9.17, 15) is 9.59 Å². The molecule has 0 spiro atoms. The van der Waals surface area contributed by atoms with Crippen molar-refractivity contribution in [2.24, 2.45) is 0 Å². The van der Waals surface area contributed by atoms with Gasteiger partial charge in [-0.1, -0.05) is 25.1 Å². The number of likely N-dealkylation sites (N-methyl/N-ethyl adjacent to an activating group) is 1. The van der Waals surface area contributed by atoms with Crippen LogP contribution in [0.2, 0.25) is 0 Å². The molecule has 0 atom stereocenters. The zero-order valence-electron chi connectivity index (χ0n) is 12.4. The van der Waals surface area contributed by atoms with Gasteiger partial charge in [-0.15, -0.1) is 0 Å². The number of carbonyl (C=O) groups is 2. The summed E-state index contributed by atoms with van der Waals surface area (Å²) in [5.74, 6) is -0.218. The summed E-state index contributed by atoms with van der Waals surface area (Å²) >= 11 is 0. The Morgan fingerprint density at radius 2 is 1.95 bits per heavy atom. The van der Waals surface area contributed by atoms with Gasteiger partial charge < -0.3 is 15.5 Å². The molecule has 1 aromatic rings. The molecule has 1 aromatic carbocycles. The monoisotopic (exact) mass is 277 g/mol. The summed E-state index contributed by atoms with van der Waals surface area (Å²) in [4.78, 5) is 25.1. The van der Waals surface area contributed by atoms with E-state index in [4.69, 9.17) is 0 Å².